The quantitative estimate of drug-likeness (QED) is 0.809. The Hall–Kier alpha value is -1.75. The van der Waals surface area contributed by atoms with E-state index in [9.17, 15) is 4.79 Å². The normalized spacial score (nSPS) is 15.4. The molecule has 0 spiro atoms. The lowest BCUT2D eigenvalue weighted by Gasteiger charge is -2.22. The zero-order valence-corrected chi connectivity index (χ0v) is 9.60. The highest BCUT2D eigenvalue weighted by molar-refractivity contribution is 5.74. The van der Waals surface area contributed by atoms with Crippen LogP contribution >= 0.6 is 0 Å². The molecule has 0 fully saturated rings. The van der Waals surface area contributed by atoms with Crippen molar-refractivity contribution < 1.29 is 19.4 Å². The number of rotatable bonds is 3. The fourth-order valence-corrected chi connectivity index (χ4v) is 1.85. The minimum Gasteiger partial charge on any atom is -0.486 e. The molecule has 5 heteroatoms. The Morgan fingerprint density at radius 2 is 2.18 bits per heavy atom. The lowest BCUT2D eigenvalue weighted by atomic mass is 10.0. The largest absolute Gasteiger partial charge is 0.486 e. The number of ether oxygens (including phenoxy) is 2. The molecular weight excluding hydrogens is 222 g/mol. The van der Waals surface area contributed by atoms with E-state index in [4.69, 9.17) is 20.3 Å². The van der Waals surface area contributed by atoms with Crippen LogP contribution in [-0.4, -0.2) is 30.3 Å². The molecule has 0 aromatic heterocycles. The second-order valence-corrected chi connectivity index (χ2v) is 4.10. The molecule has 17 heavy (non-hydrogen) atoms. The summed E-state index contributed by atoms with van der Waals surface area (Å²) in [6.07, 6.45) is 0.239. The van der Waals surface area contributed by atoms with Crippen molar-refractivity contribution in [2.24, 2.45) is 5.73 Å². The maximum Gasteiger partial charge on any atom is 0.320 e. The molecule has 0 radical (unpaired) electrons. The number of fused-ring (bicyclic) bond motifs is 1. The molecule has 1 aliphatic heterocycles. The minimum atomic E-state index is -1.02. The molecule has 1 aliphatic rings. The van der Waals surface area contributed by atoms with Gasteiger partial charge in [0.05, 0.1) is 0 Å². The lowest BCUT2D eigenvalue weighted by molar-refractivity contribution is -0.138. The SMILES string of the molecule is Cc1cc(CC(N)C(=O)O)c2c(c1)OCCO2. The molecule has 5 nitrogen and oxygen atoms in total. The molecule has 2 rings (SSSR count). The lowest BCUT2D eigenvalue weighted by Crippen LogP contribution is -2.32. The average molecular weight is 237 g/mol. The van der Waals surface area contributed by atoms with Gasteiger partial charge in [-0.05, 0) is 18.6 Å². The van der Waals surface area contributed by atoms with Gasteiger partial charge in [0.15, 0.2) is 11.5 Å². The van der Waals surface area contributed by atoms with Crippen LogP contribution < -0.4 is 15.2 Å². The van der Waals surface area contributed by atoms with Gasteiger partial charge in [0.2, 0.25) is 0 Å². The molecular formula is C12H15NO4. The number of carbonyl (C=O) groups is 1. The highest BCUT2D eigenvalue weighted by Gasteiger charge is 2.20. The van der Waals surface area contributed by atoms with Crippen LogP contribution in [0.25, 0.3) is 0 Å². The predicted octanol–water partition coefficient (Wildman–Crippen LogP) is 0.721. The summed E-state index contributed by atoms with van der Waals surface area (Å²) in [5.74, 6) is 0.277. The van der Waals surface area contributed by atoms with Crippen molar-refractivity contribution in [1.29, 1.82) is 0 Å². The molecule has 0 amide bonds. The highest BCUT2D eigenvalue weighted by Crippen LogP contribution is 2.35. The van der Waals surface area contributed by atoms with Crippen molar-refractivity contribution >= 4 is 5.97 Å². The fourth-order valence-electron chi connectivity index (χ4n) is 1.85. The number of benzene rings is 1. The molecule has 0 saturated heterocycles. The van der Waals surface area contributed by atoms with Gasteiger partial charge in [-0.15, -0.1) is 0 Å². The first-order valence-electron chi connectivity index (χ1n) is 5.45. The second-order valence-electron chi connectivity index (χ2n) is 4.10. The summed E-state index contributed by atoms with van der Waals surface area (Å²) in [5, 5.41) is 8.82. The van der Waals surface area contributed by atoms with Gasteiger partial charge in [-0.3, -0.25) is 4.79 Å². The molecule has 3 N–H and O–H groups in total. The number of aryl methyl sites for hydroxylation is 1. The van der Waals surface area contributed by atoms with Gasteiger partial charge >= 0.3 is 5.97 Å². The standard InChI is InChI=1S/C12H15NO4/c1-7-4-8(6-9(13)12(14)15)11-10(5-7)16-2-3-17-11/h4-5,9H,2-3,6,13H2,1H3,(H,14,15). The van der Waals surface area contributed by atoms with Crippen LogP contribution in [-0.2, 0) is 11.2 Å². The number of hydrogen-bond donors (Lipinski definition) is 2. The number of nitrogens with two attached hydrogens (primary N) is 1. The maximum atomic E-state index is 10.8. The van der Waals surface area contributed by atoms with E-state index in [0.717, 1.165) is 11.1 Å². The van der Waals surface area contributed by atoms with Gasteiger partial charge in [-0.25, -0.2) is 0 Å². The van der Waals surface area contributed by atoms with E-state index in [2.05, 4.69) is 0 Å². The molecule has 0 bridgehead atoms. The van der Waals surface area contributed by atoms with Gasteiger partial charge in [-0.2, -0.15) is 0 Å². The van der Waals surface area contributed by atoms with Gasteiger partial charge in [0.25, 0.3) is 0 Å². The van der Waals surface area contributed by atoms with Crippen molar-refractivity contribution in [2.75, 3.05) is 13.2 Å². The summed E-state index contributed by atoms with van der Waals surface area (Å²) < 4.78 is 11.0. The van der Waals surface area contributed by atoms with Crippen molar-refractivity contribution in [3.8, 4) is 11.5 Å². The average Bonchev–Trinajstić information content (AvgIpc) is 2.28. The maximum absolute atomic E-state index is 10.8. The van der Waals surface area contributed by atoms with Crippen LogP contribution in [0.5, 0.6) is 11.5 Å². The van der Waals surface area contributed by atoms with Gasteiger partial charge < -0.3 is 20.3 Å². The van der Waals surface area contributed by atoms with E-state index >= 15 is 0 Å². The van der Waals surface area contributed by atoms with Crippen LogP contribution in [0, 0.1) is 6.92 Å². The smallest absolute Gasteiger partial charge is 0.320 e. The molecule has 1 unspecified atom stereocenters. The third kappa shape index (κ3) is 2.50. The Morgan fingerprint density at radius 1 is 1.47 bits per heavy atom. The van der Waals surface area contributed by atoms with Crippen molar-refractivity contribution in [3.05, 3.63) is 23.3 Å². The summed E-state index contributed by atoms with van der Waals surface area (Å²) in [5.41, 5.74) is 7.32. The molecule has 92 valence electrons. The first-order valence-corrected chi connectivity index (χ1v) is 5.45. The van der Waals surface area contributed by atoms with Gasteiger partial charge in [0, 0.05) is 12.0 Å². The van der Waals surface area contributed by atoms with Crippen LogP contribution in [0.3, 0.4) is 0 Å². The zero-order valence-electron chi connectivity index (χ0n) is 9.60. The third-order valence-electron chi connectivity index (χ3n) is 2.62. The molecule has 1 atom stereocenters. The molecule has 1 aromatic carbocycles. The molecule has 0 saturated carbocycles. The van der Waals surface area contributed by atoms with E-state index in [1.165, 1.54) is 0 Å². The summed E-state index contributed by atoms with van der Waals surface area (Å²) in [4.78, 5) is 10.8. The number of carboxylic acids is 1. The number of hydrogen-bond acceptors (Lipinski definition) is 4. The topological polar surface area (TPSA) is 81.8 Å². The molecule has 1 heterocycles. The van der Waals surface area contributed by atoms with Crippen molar-refractivity contribution in [3.63, 3.8) is 0 Å². The summed E-state index contributed by atoms with van der Waals surface area (Å²) in [6.45, 7) is 2.92. The first-order chi connectivity index (χ1) is 8.08. The predicted molar refractivity (Wildman–Crippen MR) is 61.5 cm³/mol. The Balaban J connectivity index is 2.32. The van der Waals surface area contributed by atoms with E-state index in [1.807, 2.05) is 19.1 Å². The number of carboxylic acid groups (broad SMARTS) is 1. The summed E-state index contributed by atoms with van der Waals surface area (Å²) in [7, 11) is 0. The molecule has 0 aliphatic carbocycles. The monoisotopic (exact) mass is 237 g/mol. The second kappa shape index (κ2) is 4.63. The Morgan fingerprint density at radius 3 is 2.88 bits per heavy atom. The van der Waals surface area contributed by atoms with Crippen molar-refractivity contribution in [2.45, 2.75) is 19.4 Å². The first kappa shape index (κ1) is 11.7. The Labute approximate surface area is 99.1 Å². The van der Waals surface area contributed by atoms with Crippen LogP contribution in [0.15, 0.2) is 12.1 Å². The Bertz CT molecular complexity index is 444. The van der Waals surface area contributed by atoms with E-state index < -0.39 is 12.0 Å². The van der Waals surface area contributed by atoms with Crippen LogP contribution in [0.2, 0.25) is 0 Å². The Kier molecular flexibility index (Phi) is 3.19. The van der Waals surface area contributed by atoms with E-state index in [0.29, 0.717) is 24.7 Å². The summed E-state index contributed by atoms with van der Waals surface area (Å²) in [6, 6.07) is 2.84. The summed E-state index contributed by atoms with van der Waals surface area (Å²) >= 11 is 0. The van der Waals surface area contributed by atoms with Crippen LogP contribution in [0.1, 0.15) is 11.1 Å². The van der Waals surface area contributed by atoms with Crippen molar-refractivity contribution in [1.82, 2.24) is 0 Å². The highest BCUT2D eigenvalue weighted by atomic mass is 16.6. The van der Waals surface area contributed by atoms with E-state index in [-0.39, 0.29) is 6.42 Å². The van der Waals surface area contributed by atoms with E-state index in [1.54, 1.807) is 0 Å². The van der Waals surface area contributed by atoms with Gasteiger partial charge in [-0.1, -0.05) is 6.07 Å². The van der Waals surface area contributed by atoms with Crippen LogP contribution in [0.4, 0.5) is 0 Å². The molecule has 1 aromatic rings. The number of aliphatic carboxylic acids is 1. The fraction of sp³-hybridized carbons (Fsp3) is 0.417. The minimum absolute atomic E-state index is 0.239. The third-order valence-corrected chi connectivity index (χ3v) is 2.62. The van der Waals surface area contributed by atoms with Gasteiger partial charge in [0.1, 0.15) is 19.3 Å². The zero-order chi connectivity index (χ0) is 12.4.